The highest BCUT2D eigenvalue weighted by Gasteiger charge is 2.28. The zero-order chi connectivity index (χ0) is 22.1. The molecule has 0 unspecified atom stereocenters. The number of sulfonamides is 1. The predicted octanol–water partition coefficient (Wildman–Crippen LogP) is 2.44. The number of guanidine groups is 1. The van der Waals surface area contributed by atoms with E-state index < -0.39 is 10.0 Å². The van der Waals surface area contributed by atoms with Gasteiger partial charge in [0.2, 0.25) is 10.0 Å². The van der Waals surface area contributed by atoms with Crippen LogP contribution in [0.1, 0.15) is 30.7 Å². The number of rotatable bonds is 9. The van der Waals surface area contributed by atoms with Gasteiger partial charge in [0.1, 0.15) is 12.0 Å². The molecule has 0 amide bonds. The number of hydrogen-bond acceptors (Lipinski definition) is 6. The van der Waals surface area contributed by atoms with E-state index in [-0.39, 0.29) is 29.7 Å². The van der Waals surface area contributed by atoms with Crippen molar-refractivity contribution in [3.8, 4) is 0 Å². The molecular formula is C21H32IN5O4S. The lowest BCUT2D eigenvalue weighted by Gasteiger charge is -2.35. The van der Waals surface area contributed by atoms with Gasteiger partial charge in [-0.25, -0.2) is 13.4 Å². The van der Waals surface area contributed by atoms with Gasteiger partial charge in [0, 0.05) is 45.4 Å². The summed E-state index contributed by atoms with van der Waals surface area (Å²) in [7, 11) is -3.42. The molecule has 11 heteroatoms. The molecule has 1 aliphatic rings. The van der Waals surface area contributed by atoms with Crippen LogP contribution in [0.5, 0.6) is 0 Å². The second-order valence-corrected chi connectivity index (χ2v) is 9.23. The second-order valence-electron chi connectivity index (χ2n) is 7.26. The van der Waals surface area contributed by atoms with E-state index in [9.17, 15) is 8.42 Å². The maximum absolute atomic E-state index is 12.6. The molecule has 2 heterocycles. The SMILES string of the molecule is CCNC(=NCc1ccc(COCC)cc1)N1CCN(S(=O)(=O)Cc2ccon2)CC1.I. The minimum Gasteiger partial charge on any atom is -0.377 e. The number of aromatic nitrogens is 1. The Balaban J connectivity index is 0.00000363. The molecule has 32 heavy (non-hydrogen) atoms. The van der Waals surface area contributed by atoms with E-state index in [0.717, 1.165) is 23.6 Å². The number of halogens is 1. The monoisotopic (exact) mass is 577 g/mol. The fraction of sp³-hybridized carbons (Fsp3) is 0.524. The molecule has 1 aliphatic heterocycles. The van der Waals surface area contributed by atoms with Gasteiger partial charge in [-0.3, -0.25) is 0 Å². The Morgan fingerprint density at radius 1 is 1.12 bits per heavy atom. The molecule has 9 nitrogen and oxygen atoms in total. The minimum absolute atomic E-state index is 0. The third kappa shape index (κ3) is 7.71. The van der Waals surface area contributed by atoms with Gasteiger partial charge in [0.15, 0.2) is 5.96 Å². The number of piperazine rings is 1. The standard InChI is InChI=1S/C21H31N5O4S.HI/c1-3-22-21(23-15-18-5-7-19(8-6-18)16-29-4-2)25-10-12-26(13-11-25)31(27,28)17-20-9-14-30-24-20;/h5-9,14H,3-4,10-13,15-17H2,1-2H3,(H,22,23);1H. The summed E-state index contributed by atoms with van der Waals surface area (Å²) in [5.74, 6) is 0.658. The van der Waals surface area contributed by atoms with Crippen LogP contribution in [-0.4, -0.2) is 68.1 Å². The maximum atomic E-state index is 12.6. The van der Waals surface area contributed by atoms with Gasteiger partial charge < -0.3 is 19.5 Å². The quantitative estimate of drug-likeness (QED) is 0.278. The molecule has 178 valence electrons. The van der Waals surface area contributed by atoms with Gasteiger partial charge in [-0.1, -0.05) is 29.4 Å². The first-order valence-electron chi connectivity index (χ1n) is 10.6. The second kappa shape index (κ2) is 13.1. The Bertz CT molecular complexity index is 928. The van der Waals surface area contributed by atoms with Gasteiger partial charge in [-0.15, -0.1) is 24.0 Å². The first-order chi connectivity index (χ1) is 15.0. The van der Waals surface area contributed by atoms with Crippen LogP contribution in [0.3, 0.4) is 0 Å². The Morgan fingerprint density at radius 3 is 2.41 bits per heavy atom. The van der Waals surface area contributed by atoms with Crippen molar-refractivity contribution < 1.29 is 17.7 Å². The minimum atomic E-state index is -3.42. The lowest BCUT2D eigenvalue weighted by atomic mass is 10.1. The highest BCUT2D eigenvalue weighted by Crippen LogP contribution is 2.13. The van der Waals surface area contributed by atoms with Crippen molar-refractivity contribution in [3.05, 3.63) is 53.4 Å². The smallest absolute Gasteiger partial charge is 0.220 e. The van der Waals surface area contributed by atoms with Crippen LogP contribution >= 0.6 is 24.0 Å². The third-order valence-electron chi connectivity index (χ3n) is 5.00. The molecular weight excluding hydrogens is 545 g/mol. The van der Waals surface area contributed by atoms with E-state index in [0.29, 0.717) is 51.6 Å². The van der Waals surface area contributed by atoms with Crippen molar-refractivity contribution in [1.29, 1.82) is 0 Å². The summed E-state index contributed by atoms with van der Waals surface area (Å²) in [6.07, 6.45) is 1.38. The number of ether oxygens (including phenoxy) is 1. The first-order valence-corrected chi connectivity index (χ1v) is 12.2. The average molecular weight is 577 g/mol. The summed E-state index contributed by atoms with van der Waals surface area (Å²) < 4.78 is 36.9. The lowest BCUT2D eigenvalue weighted by Crippen LogP contribution is -2.53. The van der Waals surface area contributed by atoms with Crippen LogP contribution in [0.25, 0.3) is 0 Å². The summed E-state index contributed by atoms with van der Waals surface area (Å²) in [5, 5.41) is 7.03. The van der Waals surface area contributed by atoms with Gasteiger partial charge in [-0.2, -0.15) is 4.31 Å². The molecule has 1 aromatic heterocycles. The van der Waals surface area contributed by atoms with E-state index in [2.05, 4.69) is 39.6 Å². The summed E-state index contributed by atoms with van der Waals surface area (Å²) >= 11 is 0. The average Bonchev–Trinajstić information content (AvgIpc) is 3.28. The molecule has 0 aliphatic carbocycles. The molecule has 1 N–H and O–H groups in total. The topological polar surface area (TPSA) is 100 Å². The predicted molar refractivity (Wildman–Crippen MR) is 134 cm³/mol. The molecule has 1 saturated heterocycles. The van der Waals surface area contributed by atoms with Crippen LogP contribution in [0, 0.1) is 0 Å². The van der Waals surface area contributed by atoms with Gasteiger partial charge in [0.25, 0.3) is 0 Å². The maximum Gasteiger partial charge on any atom is 0.220 e. The number of hydrogen-bond donors (Lipinski definition) is 1. The summed E-state index contributed by atoms with van der Waals surface area (Å²) in [5.41, 5.74) is 2.68. The van der Waals surface area contributed by atoms with Crippen molar-refractivity contribution in [2.45, 2.75) is 32.8 Å². The first kappa shape index (κ1) is 26.6. The van der Waals surface area contributed by atoms with Crippen molar-refractivity contribution in [1.82, 2.24) is 19.7 Å². The van der Waals surface area contributed by atoms with Crippen molar-refractivity contribution in [2.75, 3.05) is 39.3 Å². The van der Waals surface area contributed by atoms with Crippen molar-refractivity contribution in [2.24, 2.45) is 4.99 Å². The Hall–Kier alpha value is -1.70. The fourth-order valence-corrected chi connectivity index (χ4v) is 4.75. The normalized spacial score (nSPS) is 15.4. The van der Waals surface area contributed by atoms with E-state index >= 15 is 0 Å². The summed E-state index contributed by atoms with van der Waals surface area (Å²) in [6.45, 7) is 8.62. The highest BCUT2D eigenvalue weighted by atomic mass is 127. The Labute approximate surface area is 207 Å². The van der Waals surface area contributed by atoms with E-state index in [1.165, 1.54) is 10.6 Å². The van der Waals surface area contributed by atoms with E-state index in [1.54, 1.807) is 6.07 Å². The molecule has 0 atom stereocenters. The van der Waals surface area contributed by atoms with Crippen molar-refractivity contribution in [3.63, 3.8) is 0 Å². The number of benzene rings is 1. The van der Waals surface area contributed by atoms with Gasteiger partial charge >= 0.3 is 0 Å². The Morgan fingerprint density at radius 2 is 1.81 bits per heavy atom. The molecule has 3 rings (SSSR count). The van der Waals surface area contributed by atoms with E-state index in [1.807, 2.05) is 13.8 Å². The third-order valence-corrected chi connectivity index (χ3v) is 6.81. The highest BCUT2D eigenvalue weighted by molar-refractivity contribution is 14.0. The zero-order valence-electron chi connectivity index (χ0n) is 18.6. The van der Waals surface area contributed by atoms with E-state index in [4.69, 9.17) is 14.3 Å². The van der Waals surface area contributed by atoms with Gasteiger partial charge in [-0.05, 0) is 25.0 Å². The number of nitrogens with one attached hydrogen (secondary N) is 1. The van der Waals surface area contributed by atoms with Crippen LogP contribution in [0.2, 0.25) is 0 Å². The fourth-order valence-electron chi connectivity index (χ4n) is 3.32. The molecule has 1 fully saturated rings. The summed E-state index contributed by atoms with van der Waals surface area (Å²) in [6, 6.07) is 9.83. The molecule has 0 bridgehead atoms. The van der Waals surface area contributed by atoms with Crippen LogP contribution < -0.4 is 5.32 Å². The number of nitrogens with zero attached hydrogens (tertiary/aromatic N) is 4. The molecule has 0 spiro atoms. The van der Waals surface area contributed by atoms with Crippen molar-refractivity contribution >= 4 is 40.0 Å². The van der Waals surface area contributed by atoms with Crippen LogP contribution in [0.15, 0.2) is 46.1 Å². The largest absolute Gasteiger partial charge is 0.377 e. The lowest BCUT2D eigenvalue weighted by molar-refractivity contribution is 0.134. The zero-order valence-corrected chi connectivity index (χ0v) is 21.7. The van der Waals surface area contributed by atoms with Crippen LogP contribution in [-0.2, 0) is 33.7 Å². The molecule has 0 radical (unpaired) electrons. The Kier molecular flexibility index (Phi) is 10.9. The van der Waals surface area contributed by atoms with Gasteiger partial charge in [0.05, 0.1) is 18.8 Å². The molecule has 0 saturated carbocycles. The number of aliphatic imine (C=N–C) groups is 1. The molecule has 1 aromatic carbocycles. The molecule has 2 aromatic rings. The summed E-state index contributed by atoms with van der Waals surface area (Å²) in [4.78, 5) is 6.86. The van der Waals surface area contributed by atoms with Crippen LogP contribution in [0.4, 0.5) is 0 Å².